The van der Waals surface area contributed by atoms with Crippen LogP contribution < -0.4 is 14.8 Å². The predicted octanol–water partition coefficient (Wildman–Crippen LogP) is 3.66. The number of methoxy groups -OCH3 is 1. The summed E-state index contributed by atoms with van der Waals surface area (Å²) in [6, 6.07) is 15.7. The molecular formula is C20H23NO3. The van der Waals surface area contributed by atoms with Crippen molar-refractivity contribution >= 4 is 5.91 Å². The standard InChI is InChI=1S/C20H23NO3/c1-14(24-17-10-6-9-16(13-17)23-2)20(22)21-19-12-5-8-15-7-3-4-11-18(15)19/h3-4,6-7,9-11,13-14,19H,5,8,12H2,1-2H3,(H,21,22)/t14-,19-/m0/s1. The molecule has 2 aromatic carbocycles. The van der Waals surface area contributed by atoms with Crippen LogP contribution in [0.15, 0.2) is 48.5 Å². The van der Waals surface area contributed by atoms with Gasteiger partial charge >= 0.3 is 0 Å². The van der Waals surface area contributed by atoms with Gasteiger partial charge in [0.2, 0.25) is 0 Å². The molecule has 1 amide bonds. The maximum atomic E-state index is 12.5. The number of benzene rings is 2. The summed E-state index contributed by atoms with van der Waals surface area (Å²) in [7, 11) is 1.61. The number of carbonyl (C=O) groups is 1. The zero-order chi connectivity index (χ0) is 16.9. The first kappa shape index (κ1) is 16.4. The predicted molar refractivity (Wildman–Crippen MR) is 93.3 cm³/mol. The number of ether oxygens (including phenoxy) is 2. The van der Waals surface area contributed by atoms with Crippen molar-refractivity contribution in [1.29, 1.82) is 0 Å². The Morgan fingerprint density at radius 2 is 1.96 bits per heavy atom. The molecule has 0 aromatic heterocycles. The molecule has 0 heterocycles. The normalized spacial score (nSPS) is 17.5. The zero-order valence-electron chi connectivity index (χ0n) is 14.1. The Morgan fingerprint density at radius 3 is 2.79 bits per heavy atom. The highest BCUT2D eigenvalue weighted by atomic mass is 16.5. The highest BCUT2D eigenvalue weighted by Gasteiger charge is 2.24. The van der Waals surface area contributed by atoms with Crippen LogP contribution in [0.4, 0.5) is 0 Å². The van der Waals surface area contributed by atoms with Gasteiger partial charge in [-0.05, 0) is 49.4 Å². The summed E-state index contributed by atoms with van der Waals surface area (Å²) in [5.74, 6) is 1.24. The maximum absolute atomic E-state index is 12.5. The van der Waals surface area contributed by atoms with Gasteiger partial charge in [0.15, 0.2) is 6.10 Å². The van der Waals surface area contributed by atoms with Crippen LogP contribution in [-0.4, -0.2) is 19.1 Å². The van der Waals surface area contributed by atoms with E-state index in [1.165, 1.54) is 11.1 Å². The highest BCUT2D eigenvalue weighted by Crippen LogP contribution is 2.29. The van der Waals surface area contributed by atoms with Crippen molar-refractivity contribution in [1.82, 2.24) is 5.32 Å². The topological polar surface area (TPSA) is 47.6 Å². The van der Waals surface area contributed by atoms with E-state index in [2.05, 4.69) is 23.5 Å². The molecule has 4 heteroatoms. The van der Waals surface area contributed by atoms with E-state index in [1.807, 2.05) is 24.3 Å². The number of nitrogens with one attached hydrogen (secondary N) is 1. The maximum Gasteiger partial charge on any atom is 0.261 e. The molecule has 0 saturated heterocycles. The molecule has 2 aromatic rings. The van der Waals surface area contributed by atoms with Crippen LogP contribution >= 0.6 is 0 Å². The number of carbonyl (C=O) groups excluding carboxylic acids is 1. The monoisotopic (exact) mass is 325 g/mol. The van der Waals surface area contributed by atoms with Crippen LogP contribution in [0.2, 0.25) is 0 Å². The lowest BCUT2D eigenvalue weighted by Gasteiger charge is -2.27. The van der Waals surface area contributed by atoms with Gasteiger partial charge in [-0.3, -0.25) is 4.79 Å². The van der Waals surface area contributed by atoms with E-state index in [0.717, 1.165) is 19.3 Å². The smallest absolute Gasteiger partial charge is 0.261 e. The molecule has 126 valence electrons. The second-order valence-electron chi connectivity index (χ2n) is 6.09. The minimum Gasteiger partial charge on any atom is -0.497 e. The molecule has 0 saturated carbocycles. The Morgan fingerprint density at radius 1 is 1.17 bits per heavy atom. The van der Waals surface area contributed by atoms with Crippen molar-refractivity contribution in [2.75, 3.05) is 7.11 Å². The first-order valence-electron chi connectivity index (χ1n) is 8.36. The first-order chi connectivity index (χ1) is 11.7. The van der Waals surface area contributed by atoms with Crippen molar-refractivity contribution in [2.45, 2.75) is 38.3 Å². The summed E-state index contributed by atoms with van der Waals surface area (Å²) in [5, 5.41) is 3.13. The molecule has 0 bridgehead atoms. The fourth-order valence-electron chi connectivity index (χ4n) is 3.13. The van der Waals surface area contributed by atoms with Crippen LogP contribution in [0, 0.1) is 0 Å². The van der Waals surface area contributed by atoms with E-state index in [9.17, 15) is 4.79 Å². The molecule has 1 aliphatic rings. The van der Waals surface area contributed by atoms with Crippen LogP contribution in [0.3, 0.4) is 0 Å². The van der Waals surface area contributed by atoms with Gasteiger partial charge in [-0.2, -0.15) is 0 Å². The molecule has 24 heavy (non-hydrogen) atoms. The lowest BCUT2D eigenvalue weighted by atomic mass is 9.87. The van der Waals surface area contributed by atoms with Crippen LogP contribution in [0.5, 0.6) is 11.5 Å². The van der Waals surface area contributed by atoms with E-state index in [-0.39, 0.29) is 11.9 Å². The number of rotatable bonds is 5. The van der Waals surface area contributed by atoms with Gasteiger partial charge in [-0.25, -0.2) is 0 Å². The van der Waals surface area contributed by atoms with Gasteiger partial charge in [-0.15, -0.1) is 0 Å². The Kier molecular flexibility index (Phi) is 5.04. The summed E-state index contributed by atoms with van der Waals surface area (Å²) in [6.45, 7) is 1.77. The average molecular weight is 325 g/mol. The van der Waals surface area contributed by atoms with Gasteiger partial charge in [0.05, 0.1) is 13.2 Å². The Labute approximate surface area is 142 Å². The Hall–Kier alpha value is -2.49. The van der Waals surface area contributed by atoms with Crippen LogP contribution in [0.1, 0.15) is 36.9 Å². The van der Waals surface area contributed by atoms with Gasteiger partial charge in [-0.1, -0.05) is 30.3 Å². The lowest BCUT2D eigenvalue weighted by Crippen LogP contribution is -2.39. The van der Waals surface area contributed by atoms with Crippen LogP contribution in [-0.2, 0) is 11.2 Å². The Bertz CT molecular complexity index is 714. The third-order valence-corrected chi connectivity index (χ3v) is 4.41. The molecule has 0 unspecified atom stereocenters. The molecule has 4 nitrogen and oxygen atoms in total. The SMILES string of the molecule is COc1cccc(O[C@@H](C)C(=O)N[C@H]2CCCc3ccccc32)c1. The number of aryl methyl sites for hydroxylation is 1. The zero-order valence-corrected chi connectivity index (χ0v) is 14.1. The van der Waals surface area contributed by atoms with Crippen molar-refractivity contribution in [3.8, 4) is 11.5 Å². The van der Waals surface area contributed by atoms with E-state index >= 15 is 0 Å². The summed E-state index contributed by atoms with van der Waals surface area (Å²) >= 11 is 0. The first-order valence-corrected chi connectivity index (χ1v) is 8.36. The van der Waals surface area contributed by atoms with E-state index in [0.29, 0.717) is 11.5 Å². The van der Waals surface area contributed by atoms with Gasteiger partial charge < -0.3 is 14.8 Å². The summed E-state index contributed by atoms with van der Waals surface area (Å²) < 4.78 is 10.9. The third kappa shape index (κ3) is 3.70. The molecule has 3 rings (SSSR count). The minimum atomic E-state index is -0.564. The largest absolute Gasteiger partial charge is 0.497 e. The van der Waals surface area contributed by atoms with E-state index in [4.69, 9.17) is 9.47 Å². The van der Waals surface area contributed by atoms with E-state index in [1.54, 1.807) is 20.1 Å². The van der Waals surface area contributed by atoms with Crippen molar-refractivity contribution < 1.29 is 14.3 Å². The number of amides is 1. The van der Waals surface area contributed by atoms with Gasteiger partial charge in [0.25, 0.3) is 5.91 Å². The van der Waals surface area contributed by atoms with Crippen molar-refractivity contribution in [2.24, 2.45) is 0 Å². The fourth-order valence-corrected chi connectivity index (χ4v) is 3.13. The Balaban J connectivity index is 1.64. The average Bonchev–Trinajstić information content (AvgIpc) is 2.62. The molecule has 1 aliphatic carbocycles. The number of fused-ring (bicyclic) bond motifs is 1. The summed E-state index contributed by atoms with van der Waals surface area (Å²) in [6.07, 6.45) is 2.58. The highest BCUT2D eigenvalue weighted by molar-refractivity contribution is 5.81. The van der Waals surface area contributed by atoms with Crippen molar-refractivity contribution in [3.05, 3.63) is 59.7 Å². The fraction of sp³-hybridized carbons (Fsp3) is 0.350. The molecular weight excluding hydrogens is 302 g/mol. The molecule has 0 spiro atoms. The molecule has 2 atom stereocenters. The number of hydrogen-bond acceptors (Lipinski definition) is 3. The van der Waals surface area contributed by atoms with E-state index < -0.39 is 6.10 Å². The number of hydrogen-bond donors (Lipinski definition) is 1. The van der Waals surface area contributed by atoms with Crippen LogP contribution in [0.25, 0.3) is 0 Å². The molecule has 0 fully saturated rings. The summed E-state index contributed by atoms with van der Waals surface area (Å²) in [5.41, 5.74) is 2.56. The summed E-state index contributed by atoms with van der Waals surface area (Å²) in [4.78, 5) is 12.5. The third-order valence-electron chi connectivity index (χ3n) is 4.41. The van der Waals surface area contributed by atoms with Gasteiger partial charge in [0.1, 0.15) is 11.5 Å². The quantitative estimate of drug-likeness (QED) is 0.913. The van der Waals surface area contributed by atoms with Crippen molar-refractivity contribution in [3.63, 3.8) is 0 Å². The second-order valence-corrected chi connectivity index (χ2v) is 6.09. The molecule has 0 radical (unpaired) electrons. The minimum absolute atomic E-state index is 0.0683. The van der Waals surface area contributed by atoms with Gasteiger partial charge in [0, 0.05) is 6.07 Å². The molecule has 1 N–H and O–H groups in total. The molecule has 0 aliphatic heterocycles. The lowest BCUT2D eigenvalue weighted by molar-refractivity contribution is -0.128. The second kappa shape index (κ2) is 7.39.